The third-order valence-corrected chi connectivity index (χ3v) is 4.03. The second-order valence-corrected chi connectivity index (χ2v) is 5.55. The molecule has 2 amide bonds. The third kappa shape index (κ3) is 3.36. The van der Waals surface area contributed by atoms with Crippen LogP contribution in [0.15, 0.2) is 36.9 Å². The highest BCUT2D eigenvalue weighted by atomic mass is 16.2. The van der Waals surface area contributed by atoms with E-state index >= 15 is 0 Å². The minimum Gasteiger partial charge on any atom is -0.348 e. The Morgan fingerprint density at radius 3 is 2.74 bits per heavy atom. The van der Waals surface area contributed by atoms with Crippen LogP contribution < -0.4 is 5.32 Å². The number of hydrogen-bond donors (Lipinski definition) is 1. The molecule has 0 spiro atoms. The van der Waals surface area contributed by atoms with E-state index in [4.69, 9.17) is 0 Å². The summed E-state index contributed by atoms with van der Waals surface area (Å²) in [7, 11) is 0. The predicted molar refractivity (Wildman–Crippen MR) is 84.4 cm³/mol. The molecule has 0 unspecified atom stereocenters. The molecule has 23 heavy (non-hydrogen) atoms. The maximum Gasteiger partial charge on any atom is 0.253 e. The Hall–Kier alpha value is -2.76. The molecule has 2 aromatic heterocycles. The van der Waals surface area contributed by atoms with Gasteiger partial charge in [0.2, 0.25) is 5.91 Å². The molecule has 0 aromatic carbocycles. The van der Waals surface area contributed by atoms with Gasteiger partial charge in [0.15, 0.2) is 0 Å². The zero-order valence-electron chi connectivity index (χ0n) is 13.0. The smallest absolute Gasteiger partial charge is 0.253 e. The fraction of sp³-hybridized carbons (Fsp3) is 0.294. The van der Waals surface area contributed by atoms with Gasteiger partial charge in [-0.3, -0.25) is 19.6 Å². The van der Waals surface area contributed by atoms with Gasteiger partial charge in [0.25, 0.3) is 5.91 Å². The SMILES string of the molecule is CC(=O)N1CCc2c(cncc2C(=O)NCc2ccncc2)C1. The van der Waals surface area contributed by atoms with Crippen LogP contribution >= 0.6 is 0 Å². The number of hydrogen-bond acceptors (Lipinski definition) is 4. The van der Waals surface area contributed by atoms with Crippen LogP contribution in [-0.2, 0) is 24.3 Å². The first-order valence-electron chi connectivity index (χ1n) is 7.53. The molecule has 0 aliphatic carbocycles. The van der Waals surface area contributed by atoms with Crippen LogP contribution in [-0.4, -0.2) is 33.2 Å². The third-order valence-electron chi connectivity index (χ3n) is 4.03. The van der Waals surface area contributed by atoms with Gasteiger partial charge in [-0.25, -0.2) is 0 Å². The number of pyridine rings is 2. The topological polar surface area (TPSA) is 75.2 Å². The number of rotatable bonds is 3. The minimum atomic E-state index is -0.137. The highest BCUT2D eigenvalue weighted by Crippen LogP contribution is 2.21. The second kappa shape index (κ2) is 6.56. The standard InChI is InChI=1S/C17H18N4O2/c1-12(22)21-7-4-15-14(11-21)9-19-10-16(15)17(23)20-8-13-2-5-18-6-3-13/h2-3,5-6,9-10H,4,7-8,11H2,1H3,(H,20,23). The molecule has 0 fully saturated rings. The molecular weight excluding hydrogens is 292 g/mol. The summed E-state index contributed by atoms with van der Waals surface area (Å²) in [5.41, 5.74) is 3.53. The Morgan fingerprint density at radius 2 is 2.00 bits per heavy atom. The van der Waals surface area contributed by atoms with Gasteiger partial charge in [0, 0.05) is 51.3 Å². The van der Waals surface area contributed by atoms with E-state index in [1.54, 1.807) is 36.6 Å². The maximum atomic E-state index is 12.5. The van der Waals surface area contributed by atoms with Gasteiger partial charge in [0.05, 0.1) is 5.56 Å². The van der Waals surface area contributed by atoms with Crippen LogP contribution in [0.4, 0.5) is 0 Å². The van der Waals surface area contributed by atoms with E-state index in [0.717, 1.165) is 16.7 Å². The lowest BCUT2D eigenvalue weighted by atomic mass is 9.96. The largest absolute Gasteiger partial charge is 0.348 e. The van der Waals surface area contributed by atoms with Gasteiger partial charge in [0.1, 0.15) is 0 Å². The number of fused-ring (bicyclic) bond motifs is 1. The van der Waals surface area contributed by atoms with Crippen molar-refractivity contribution in [3.05, 3.63) is 59.2 Å². The van der Waals surface area contributed by atoms with Gasteiger partial charge >= 0.3 is 0 Å². The first-order chi connectivity index (χ1) is 11.1. The monoisotopic (exact) mass is 310 g/mol. The molecule has 6 nitrogen and oxygen atoms in total. The molecule has 1 aliphatic rings. The van der Waals surface area contributed by atoms with E-state index in [0.29, 0.717) is 31.6 Å². The maximum absolute atomic E-state index is 12.5. The van der Waals surface area contributed by atoms with Crippen LogP contribution in [0.25, 0.3) is 0 Å². The zero-order chi connectivity index (χ0) is 16.2. The molecule has 0 saturated heterocycles. The van der Waals surface area contributed by atoms with Crippen LogP contribution in [0.2, 0.25) is 0 Å². The van der Waals surface area contributed by atoms with Crippen molar-refractivity contribution in [1.29, 1.82) is 0 Å². The summed E-state index contributed by atoms with van der Waals surface area (Å²) in [6.45, 7) is 3.16. The van der Waals surface area contributed by atoms with E-state index in [-0.39, 0.29) is 11.8 Å². The van der Waals surface area contributed by atoms with Gasteiger partial charge in [-0.15, -0.1) is 0 Å². The number of nitrogens with one attached hydrogen (secondary N) is 1. The number of aromatic nitrogens is 2. The van der Waals surface area contributed by atoms with Gasteiger partial charge in [-0.1, -0.05) is 0 Å². The van der Waals surface area contributed by atoms with E-state index < -0.39 is 0 Å². The molecule has 3 rings (SSSR count). The fourth-order valence-electron chi connectivity index (χ4n) is 2.74. The summed E-state index contributed by atoms with van der Waals surface area (Å²) in [5, 5.41) is 2.91. The first-order valence-corrected chi connectivity index (χ1v) is 7.53. The zero-order valence-corrected chi connectivity index (χ0v) is 13.0. The highest BCUT2D eigenvalue weighted by molar-refractivity contribution is 5.95. The Labute approximate surface area is 134 Å². The number of carbonyl (C=O) groups is 2. The van der Waals surface area contributed by atoms with E-state index in [9.17, 15) is 9.59 Å². The molecule has 6 heteroatoms. The predicted octanol–water partition coefficient (Wildman–Crippen LogP) is 1.31. The second-order valence-electron chi connectivity index (χ2n) is 5.55. The molecule has 0 bridgehead atoms. The Kier molecular flexibility index (Phi) is 4.32. The Balaban J connectivity index is 1.75. The van der Waals surface area contributed by atoms with Crippen molar-refractivity contribution in [2.45, 2.75) is 26.4 Å². The minimum absolute atomic E-state index is 0.0446. The molecule has 1 N–H and O–H groups in total. The number of carbonyl (C=O) groups excluding carboxylic acids is 2. The average molecular weight is 310 g/mol. The van der Waals surface area contributed by atoms with Crippen LogP contribution in [0.5, 0.6) is 0 Å². The van der Waals surface area contributed by atoms with Gasteiger partial charge in [-0.05, 0) is 35.2 Å². The van der Waals surface area contributed by atoms with Crippen molar-refractivity contribution in [3.63, 3.8) is 0 Å². The van der Waals surface area contributed by atoms with Crippen molar-refractivity contribution in [3.8, 4) is 0 Å². The van der Waals surface area contributed by atoms with Crippen LogP contribution in [0.1, 0.15) is 34.0 Å². The average Bonchev–Trinajstić information content (AvgIpc) is 2.59. The molecule has 0 atom stereocenters. The molecule has 0 radical (unpaired) electrons. The van der Waals surface area contributed by atoms with Crippen molar-refractivity contribution in [2.24, 2.45) is 0 Å². The molecule has 1 aliphatic heterocycles. The van der Waals surface area contributed by atoms with Crippen molar-refractivity contribution in [2.75, 3.05) is 6.54 Å². The molecule has 3 heterocycles. The lowest BCUT2D eigenvalue weighted by molar-refractivity contribution is -0.129. The summed E-state index contributed by atoms with van der Waals surface area (Å²) < 4.78 is 0. The lowest BCUT2D eigenvalue weighted by Crippen LogP contribution is -2.36. The summed E-state index contributed by atoms with van der Waals surface area (Å²) in [4.78, 5) is 33.8. The summed E-state index contributed by atoms with van der Waals surface area (Å²) in [6.07, 6.45) is 7.41. The highest BCUT2D eigenvalue weighted by Gasteiger charge is 2.23. The molecule has 118 valence electrons. The van der Waals surface area contributed by atoms with Gasteiger partial charge in [-0.2, -0.15) is 0 Å². The quantitative estimate of drug-likeness (QED) is 0.927. The summed E-state index contributed by atoms with van der Waals surface area (Å²) >= 11 is 0. The van der Waals surface area contributed by atoms with Crippen LogP contribution in [0.3, 0.4) is 0 Å². The van der Waals surface area contributed by atoms with E-state index in [1.165, 1.54) is 0 Å². The Bertz CT molecular complexity index is 731. The van der Waals surface area contributed by atoms with Crippen LogP contribution in [0, 0.1) is 0 Å². The normalized spacial score (nSPS) is 13.3. The van der Waals surface area contributed by atoms with Crippen molar-refractivity contribution >= 4 is 11.8 Å². The number of nitrogens with zero attached hydrogens (tertiary/aromatic N) is 3. The van der Waals surface area contributed by atoms with E-state index in [2.05, 4.69) is 15.3 Å². The van der Waals surface area contributed by atoms with Crippen molar-refractivity contribution < 1.29 is 9.59 Å². The fourth-order valence-corrected chi connectivity index (χ4v) is 2.74. The molecule has 0 saturated carbocycles. The van der Waals surface area contributed by atoms with E-state index in [1.807, 2.05) is 12.1 Å². The summed E-state index contributed by atoms with van der Waals surface area (Å²) in [6, 6.07) is 3.73. The summed E-state index contributed by atoms with van der Waals surface area (Å²) in [5.74, 6) is -0.0920. The molecule has 2 aromatic rings. The van der Waals surface area contributed by atoms with Gasteiger partial charge < -0.3 is 10.2 Å². The number of amides is 2. The Morgan fingerprint density at radius 1 is 1.22 bits per heavy atom. The molecular formula is C17H18N4O2. The van der Waals surface area contributed by atoms with Crippen molar-refractivity contribution in [1.82, 2.24) is 20.2 Å². The first kappa shape index (κ1) is 15.1. The lowest BCUT2D eigenvalue weighted by Gasteiger charge is -2.28.